The molecule has 1 aromatic carbocycles. The second-order valence-corrected chi connectivity index (χ2v) is 12.7. The summed E-state index contributed by atoms with van der Waals surface area (Å²) in [4.78, 5) is 27.5. The number of hydrogen-bond acceptors (Lipinski definition) is 4. The van der Waals surface area contributed by atoms with Crippen molar-refractivity contribution in [3.05, 3.63) is 41.5 Å². The quantitative estimate of drug-likeness (QED) is 0.327. The molecule has 7 heteroatoms. The maximum absolute atomic E-state index is 13.2. The van der Waals surface area contributed by atoms with Crippen LogP contribution in [-0.2, 0) is 9.53 Å². The summed E-state index contributed by atoms with van der Waals surface area (Å²) >= 11 is 11.9. The molecule has 0 unspecified atom stereocenters. The Labute approximate surface area is 231 Å². The Morgan fingerprint density at radius 3 is 2.46 bits per heavy atom. The highest BCUT2D eigenvalue weighted by Crippen LogP contribution is 2.65. The van der Waals surface area contributed by atoms with Crippen LogP contribution < -0.4 is 10.2 Å². The molecule has 0 radical (unpaired) electrons. The van der Waals surface area contributed by atoms with Crippen molar-refractivity contribution in [3.8, 4) is 0 Å². The van der Waals surface area contributed by atoms with E-state index < -0.39 is 0 Å². The number of nitrogens with one attached hydrogen (secondary N) is 1. The number of benzene rings is 1. The number of hydrogen-bond donors (Lipinski definition) is 1. The van der Waals surface area contributed by atoms with Crippen molar-refractivity contribution in [2.75, 3.05) is 36.3 Å². The van der Waals surface area contributed by atoms with Crippen molar-refractivity contribution in [2.45, 2.75) is 64.9 Å². The van der Waals surface area contributed by atoms with Gasteiger partial charge in [0.2, 0.25) is 5.91 Å². The summed E-state index contributed by atoms with van der Waals surface area (Å²) in [5.74, 6) is 2.69. The summed E-state index contributed by atoms with van der Waals surface area (Å²) < 4.78 is 6.25. The lowest BCUT2D eigenvalue weighted by molar-refractivity contribution is -0.116. The van der Waals surface area contributed by atoms with E-state index in [1.165, 1.54) is 5.57 Å². The number of ether oxygens (including phenoxy) is 1. The second-order valence-electron chi connectivity index (χ2n) is 12.0. The van der Waals surface area contributed by atoms with Gasteiger partial charge < -0.3 is 15.0 Å². The molecule has 1 aliphatic heterocycles. The molecule has 0 aromatic heterocycles. The number of carbonyl (C=O) groups is 2. The molecule has 1 amide bonds. The Morgan fingerprint density at radius 2 is 1.76 bits per heavy atom. The van der Waals surface area contributed by atoms with Crippen LogP contribution in [0.3, 0.4) is 0 Å². The summed E-state index contributed by atoms with van der Waals surface area (Å²) in [6.45, 7) is 6.95. The van der Waals surface area contributed by atoms with E-state index in [2.05, 4.69) is 24.1 Å². The number of esters is 1. The van der Waals surface area contributed by atoms with E-state index in [-0.39, 0.29) is 28.8 Å². The van der Waals surface area contributed by atoms with Crippen molar-refractivity contribution in [1.29, 1.82) is 0 Å². The van der Waals surface area contributed by atoms with Crippen LogP contribution in [0.5, 0.6) is 0 Å². The minimum atomic E-state index is -0.226. The fourth-order valence-electron chi connectivity index (χ4n) is 8.29. The van der Waals surface area contributed by atoms with Crippen LogP contribution >= 0.6 is 23.2 Å². The molecule has 5 rings (SSSR count). The largest absolute Gasteiger partial charge is 0.458 e. The molecule has 3 fully saturated rings. The number of rotatable bonds is 7. The lowest BCUT2D eigenvalue weighted by Crippen LogP contribution is -2.51. The fraction of sp³-hybridized carbons (Fsp3) is 0.667. The van der Waals surface area contributed by atoms with Crippen LogP contribution in [-0.4, -0.2) is 49.4 Å². The molecule has 4 aliphatic rings. The van der Waals surface area contributed by atoms with Crippen LogP contribution in [0.1, 0.15) is 69.2 Å². The highest BCUT2D eigenvalue weighted by Gasteiger charge is 2.59. The lowest BCUT2D eigenvalue weighted by Gasteiger charge is -2.56. The van der Waals surface area contributed by atoms with Gasteiger partial charge in [0.25, 0.3) is 0 Å². The first-order chi connectivity index (χ1) is 17.8. The molecular weight excluding hydrogens is 507 g/mol. The van der Waals surface area contributed by atoms with Gasteiger partial charge in [0, 0.05) is 48.6 Å². The smallest absolute Gasteiger partial charge is 0.338 e. The molecule has 0 spiro atoms. The Morgan fingerprint density at radius 1 is 1.03 bits per heavy atom. The molecule has 1 aromatic rings. The lowest BCUT2D eigenvalue weighted by atomic mass is 9.48. The van der Waals surface area contributed by atoms with Gasteiger partial charge in [-0.05, 0) is 92.4 Å². The van der Waals surface area contributed by atoms with Crippen LogP contribution in [0.25, 0.3) is 0 Å². The monoisotopic (exact) mass is 546 g/mol. The summed E-state index contributed by atoms with van der Waals surface area (Å²) in [6, 6.07) is 7.63. The molecule has 202 valence electrons. The molecule has 3 aliphatic carbocycles. The minimum absolute atomic E-state index is 0.0185. The van der Waals surface area contributed by atoms with Gasteiger partial charge in [-0.2, -0.15) is 0 Å². The number of halogens is 2. The van der Waals surface area contributed by atoms with Crippen molar-refractivity contribution in [2.24, 2.45) is 28.6 Å². The van der Waals surface area contributed by atoms with Crippen LogP contribution in [0.15, 0.2) is 35.9 Å². The predicted molar refractivity (Wildman–Crippen MR) is 149 cm³/mol. The van der Waals surface area contributed by atoms with Gasteiger partial charge in [0.15, 0.2) is 0 Å². The van der Waals surface area contributed by atoms with Gasteiger partial charge in [0.1, 0.15) is 6.10 Å². The van der Waals surface area contributed by atoms with Gasteiger partial charge in [-0.3, -0.25) is 4.79 Å². The third kappa shape index (κ3) is 4.91. The number of amides is 1. The number of fused-ring (bicyclic) bond motifs is 5. The molecular formula is C30H40Cl2N2O3. The van der Waals surface area contributed by atoms with Gasteiger partial charge >= 0.3 is 5.97 Å². The van der Waals surface area contributed by atoms with Crippen LogP contribution in [0.2, 0.25) is 0 Å². The van der Waals surface area contributed by atoms with E-state index in [1.54, 1.807) is 0 Å². The molecule has 0 saturated heterocycles. The fourth-order valence-corrected chi connectivity index (χ4v) is 8.70. The van der Waals surface area contributed by atoms with E-state index in [0.29, 0.717) is 48.2 Å². The molecule has 6 atom stereocenters. The topological polar surface area (TPSA) is 58.6 Å². The minimum Gasteiger partial charge on any atom is -0.458 e. The number of nitrogens with zero attached hydrogens (tertiary/aromatic N) is 1. The average Bonchev–Trinajstić information content (AvgIpc) is 3.12. The van der Waals surface area contributed by atoms with E-state index in [0.717, 1.165) is 57.2 Å². The number of carbonyl (C=O) groups excluding carboxylic acids is 2. The van der Waals surface area contributed by atoms with Crippen molar-refractivity contribution in [3.63, 3.8) is 0 Å². The second kappa shape index (κ2) is 10.8. The third-order valence-corrected chi connectivity index (χ3v) is 10.7. The zero-order chi connectivity index (χ0) is 26.2. The number of alkyl halides is 2. The van der Waals surface area contributed by atoms with E-state index in [4.69, 9.17) is 27.9 Å². The van der Waals surface area contributed by atoms with Gasteiger partial charge in [0.05, 0.1) is 5.56 Å². The highest BCUT2D eigenvalue weighted by molar-refractivity contribution is 6.18. The third-order valence-electron chi connectivity index (χ3n) is 10.3. The van der Waals surface area contributed by atoms with Crippen molar-refractivity contribution >= 4 is 40.8 Å². The summed E-state index contributed by atoms with van der Waals surface area (Å²) in [7, 11) is 0. The first-order valence-electron chi connectivity index (χ1n) is 14.0. The van der Waals surface area contributed by atoms with Crippen molar-refractivity contribution < 1.29 is 14.3 Å². The number of allylic oxidation sites excluding steroid dienone is 1. The van der Waals surface area contributed by atoms with Crippen LogP contribution in [0, 0.1) is 28.6 Å². The summed E-state index contributed by atoms with van der Waals surface area (Å²) in [6.07, 6.45) is 9.30. The van der Waals surface area contributed by atoms with Crippen molar-refractivity contribution in [1.82, 2.24) is 5.32 Å². The first kappa shape index (κ1) is 26.9. The number of anilines is 1. The Kier molecular flexibility index (Phi) is 7.85. The van der Waals surface area contributed by atoms with E-state index in [1.807, 2.05) is 30.3 Å². The average molecular weight is 548 g/mol. The zero-order valence-electron chi connectivity index (χ0n) is 22.1. The Hall–Kier alpha value is -1.72. The molecule has 0 bridgehead atoms. The highest BCUT2D eigenvalue weighted by atomic mass is 35.5. The SMILES string of the molecule is C[C@]12CC[C@H]3[C@@H](CCC4=CC(=O)NCC[C@@]43C)[C@@H]1CC[C@@H]2OC(=O)c1ccc(N(CCCl)CCCl)cc1. The molecule has 37 heavy (non-hydrogen) atoms. The maximum atomic E-state index is 13.2. The zero-order valence-corrected chi connectivity index (χ0v) is 23.6. The van der Waals surface area contributed by atoms with Gasteiger partial charge in [-0.15, -0.1) is 23.2 Å². The maximum Gasteiger partial charge on any atom is 0.338 e. The summed E-state index contributed by atoms with van der Waals surface area (Å²) in [5.41, 5.74) is 3.08. The molecule has 3 saturated carbocycles. The molecule has 1 heterocycles. The Balaban J connectivity index is 1.28. The van der Waals surface area contributed by atoms with Crippen LogP contribution in [0.4, 0.5) is 5.69 Å². The van der Waals surface area contributed by atoms with E-state index >= 15 is 0 Å². The normalized spacial score (nSPS) is 34.8. The summed E-state index contributed by atoms with van der Waals surface area (Å²) in [5, 5.41) is 3.05. The predicted octanol–water partition coefficient (Wildman–Crippen LogP) is 6.18. The standard InChI is InChI=1S/C30H40Cl2N2O3/c1-29-13-16-33-27(35)19-21(29)5-8-23-24-9-10-26(30(24,2)12-11-25(23)29)37-28(36)20-3-6-22(7-4-20)34(17-14-31)18-15-32/h3-4,6-7,19,23-26H,5,8-18H2,1-2H3,(H,33,35)/t23-,24-,25-,26-,29-,30-/m0/s1. The molecule has 1 N–H and O–H groups in total. The van der Waals surface area contributed by atoms with Gasteiger partial charge in [-0.25, -0.2) is 4.79 Å². The first-order valence-corrected chi connectivity index (χ1v) is 15.0. The Bertz CT molecular complexity index is 1040. The van der Waals surface area contributed by atoms with Gasteiger partial charge in [-0.1, -0.05) is 19.4 Å². The van der Waals surface area contributed by atoms with E-state index in [9.17, 15) is 9.59 Å². The molecule has 5 nitrogen and oxygen atoms in total.